The summed E-state index contributed by atoms with van der Waals surface area (Å²) in [6.07, 6.45) is 0. The molecule has 3 N–H and O–H groups in total. The van der Waals surface area contributed by atoms with Gasteiger partial charge in [0.2, 0.25) is 0 Å². The molecule has 0 bridgehead atoms. The molecule has 0 fully saturated rings. The van der Waals surface area contributed by atoms with E-state index < -0.39 is 11.8 Å². The number of carboxylic acid groups (broad SMARTS) is 1. The first kappa shape index (κ1) is 9.98. The van der Waals surface area contributed by atoms with E-state index in [9.17, 15) is 9.18 Å². The molecule has 0 aliphatic carbocycles. The average molecular weight is 248 g/mol. The van der Waals surface area contributed by atoms with Crippen LogP contribution in [0.15, 0.2) is 10.5 Å². The first-order chi connectivity index (χ1) is 5.95. The highest BCUT2D eigenvalue weighted by molar-refractivity contribution is 9.10. The van der Waals surface area contributed by atoms with Crippen LogP contribution in [0.5, 0.6) is 0 Å². The molecule has 13 heavy (non-hydrogen) atoms. The molecule has 1 aromatic carbocycles. The molecule has 0 aromatic heterocycles. The van der Waals surface area contributed by atoms with Crippen molar-refractivity contribution in [2.24, 2.45) is 0 Å². The van der Waals surface area contributed by atoms with Crippen LogP contribution in [0, 0.1) is 12.7 Å². The molecule has 70 valence electrons. The zero-order valence-electron chi connectivity index (χ0n) is 6.77. The largest absolute Gasteiger partial charge is 0.478 e. The van der Waals surface area contributed by atoms with Gasteiger partial charge in [0.1, 0.15) is 5.82 Å². The number of carbonyl (C=O) groups is 1. The number of hydrogen-bond donors (Lipinski definition) is 2. The van der Waals surface area contributed by atoms with Gasteiger partial charge in [-0.1, -0.05) is 0 Å². The van der Waals surface area contributed by atoms with Crippen LogP contribution < -0.4 is 5.73 Å². The summed E-state index contributed by atoms with van der Waals surface area (Å²) in [5.41, 5.74) is 5.75. The highest BCUT2D eigenvalue weighted by Gasteiger charge is 2.15. The fourth-order valence-corrected chi connectivity index (χ4v) is 1.27. The monoisotopic (exact) mass is 247 g/mol. The Morgan fingerprint density at radius 2 is 2.23 bits per heavy atom. The van der Waals surface area contributed by atoms with Gasteiger partial charge in [-0.05, 0) is 34.5 Å². The Morgan fingerprint density at radius 3 is 2.69 bits per heavy atom. The van der Waals surface area contributed by atoms with Crippen LogP contribution in [0.1, 0.15) is 15.9 Å². The third kappa shape index (κ3) is 1.65. The Hall–Kier alpha value is -1.10. The molecule has 0 radical (unpaired) electrons. The summed E-state index contributed by atoms with van der Waals surface area (Å²) in [7, 11) is 0. The third-order valence-electron chi connectivity index (χ3n) is 1.73. The van der Waals surface area contributed by atoms with Gasteiger partial charge < -0.3 is 10.8 Å². The molecule has 3 nitrogen and oxygen atoms in total. The van der Waals surface area contributed by atoms with Crippen LogP contribution in [0.3, 0.4) is 0 Å². The summed E-state index contributed by atoms with van der Waals surface area (Å²) in [6.45, 7) is 1.55. The molecule has 0 saturated carbocycles. The molecule has 0 aliphatic heterocycles. The van der Waals surface area contributed by atoms with Gasteiger partial charge in [0.15, 0.2) is 0 Å². The van der Waals surface area contributed by atoms with E-state index in [4.69, 9.17) is 10.8 Å². The van der Waals surface area contributed by atoms with Gasteiger partial charge >= 0.3 is 5.97 Å². The topological polar surface area (TPSA) is 63.3 Å². The zero-order chi connectivity index (χ0) is 10.2. The second-order valence-corrected chi connectivity index (χ2v) is 3.36. The van der Waals surface area contributed by atoms with Crippen molar-refractivity contribution in [1.82, 2.24) is 0 Å². The van der Waals surface area contributed by atoms with Crippen molar-refractivity contribution in [1.29, 1.82) is 0 Å². The number of nitrogens with two attached hydrogens (primary N) is 1. The number of halogens is 2. The maximum absolute atomic E-state index is 13.0. The number of hydrogen-bond acceptors (Lipinski definition) is 2. The maximum Gasteiger partial charge on any atom is 0.337 e. The summed E-state index contributed by atoms with van der Waals surface area (Å²) in [6, 6.07) is 0.898. The van der Waals surface area contributed by atoms with Gasteiger partial charge in [-0.15, -0.1) is 0 Å². The molecule has 0 spiro atoms. The summed E-state index contributed by atoms with van der Waals surface area (Å²) >= 11 is 2.97. The SMILES string of the molecule is Cc1c(N)c(C(=O)O)cc(F)c1Br. The van der Waals surface area contributed by atoms with Gasteiger partial charge in [-0.25, -0.2) is 9.18 Å². The molecule has 0 amide bonds. The van der Waals surface area contributed by atoms with Crippen molar-refractivity contribution in [3.63, 3.8) is 0 Å². The lowest BCUT2D eigenvalue weighted by Gasteiger charge is -2.07. The number of nitrogen functional groups attached to an aromatic ring is 1. The first-order valence-electron chi connectivity index (χ1n) is 3.42. The summed E-state index contributed by atoms with van der Waals surface area (Å²) in [5.74, 6) is -1.85. The van der Waals surface area contributed by atoms with Crippen LogP contribution >= 0.6 is 15.9 Å². The average Bonchev–Trinajstić information content (AvgIpc) is 2.07. The van der Waals surface area contributed by atoms with E-state index in [1.807, 2.05) is 0 Å². The molecular weight excluding hydrogens is 241 g/mol. The number of rotatable bonds is 1. The Labute approximate surface area is 82.5 Å². The van der Waals surface area contributed by atoms with Crippen molar-refractivity contribution in [3.8, 4) is 0 Å². The Balaban J connectivity index is 3.50. The number of aromatic carboxylic acids is 1. The highest BCUT2D eigenvalue weighted by atomic mass is 79.9. The molecule has 0 atom stereocenters. The van der Waals surface area contributed by atoms with E-state index in [-0.39, 0.29) is 15.7 Å². The molecule has 1 aromatic rings. The van der Waals surface area contributed by atoms with E-state index in [0.29, 0.717) is 5.56 Å². The van der Waals surface area contributed by atoms with E-state index in [0.717, 1.165) is 6.07 Å². The van der Waals surface area contributed by atoms with Crippen molar-refractivity contribution in [2.45, 2.75) is 6.92 Å². The van der Waals surface area contributed by atoms with Crippen molar-refractivity contribution in [3.05, 3.63) is 27.5 Å². The van der Waals surface area contributed by atoms with E-state index in [2.05, 4.69) is 15.9 Å². The smallest absolute Gasteiger partial charge is 0.337 e. The van der Waals surface area contributed by atoms with Gasteiger partial charge in [-0.2, -0.15) is 0 Å². The van der Waals surface area contributed by atoms with Crippen LogP contribution in [0.25, 0.3) is 0 Å². The van der Waals surface area contributed by atoms with E-state index in [1.54, 1.807) is 6.92 Å². The standard InChI is InChI=1S/C8H7BrFNO2/c1-3-6(9)5(10)2-4(7(3)11)8(12)13/h2H,11H2,1H3,(H,12,13). The molecule has 0 aliphatic rings. The minimum Gasteiger partial charge on any atom is -0.478 e. The lowest BCUT2D eigenvalue weighted by Crippen LogP contribution is -2.05. The molecular formula is C8H7BrFNO2. The molecule has 1 rings (SSSR count). The summed E-state index contributed by atoms with van der Waals surface area (Å²) < 4.78 is 13.2. The zero-order valence-corrected chi connectivity index (χ0v) is 8.35. The van der Waals surface area contributed by atoms with Gasteiger partial charge in [0, 0.05) is 0 Å². The normalized spacial score (nSPS) is 10.1. The summed E-state index contributed by atoms with van der Waals surface area (Å²) in [4.78, 5) is 10.6. The van der Waals surface area contributed by atoms with Crippen LogP contribution in [-0.4, -0.2) is 11.1 Å². The lowest BCUT2D eigenvalue weighted by atomic mass is 10.1. The van der Waals surface area contributed by atoms with Gasteiger partial charge in [0.05, 0.1) is 15.7 Å². The van der Waals surface area contributed by atoms with E-state index >= 15 is 0 Å². The third-order valence-corrected chi connectivity index (χ3v) is 2.71. The second kappa shape index (κ2) is 3.33. The molecule has 0 saturated heterocycles. The van der Waals surface area contributed by atoms with Crippen LogP contribution in [-0.2, 0) is 0 Å². The van der Waals surface area contributed by atoms with Crippen molar-refractivity contribution >= 4 is 27.6 Å². The minimum absolute atomic E-state index is 0.0841. The maximum atomic E-state index is 13.0. The number of anilines is 1. The quantitative estimate of drug-likeness (QED) is 0.748. The fourth-order valence-electron chi connectivity index (χ4n) is 0.944. The van der Waals surface area contributed by atoms with Crippen LogP contribution in [0.2, 0.25) is 0 Å². The number of benzene rings is 1. The van der Waals surface area contributed by atoms with Crippen molar-refractivity contribution < 1.29 is 14.3 Å². The second-order valence-electron chi connectivity index (χ2n) is 2.56. The Morgan fingerprint density at radius 1 is 1.69 bits per heavy atom. The Kier molecular flexibility index (Phi) is 2.56. The van der Waals surface area contributed by atoms with Gasteiger partial charge in [0.25, 0.3) is 0 Å². The minimum atomic E-state index is -1.23. The highest BCUT2D eigenvalue weighted by Crippen LogP contribution is 2.28. The van der Waals surface area contributed by atoms with Crippen molar-refractivity contribution in [2.75, 3.05) is 5.73 Å². The van der Waals surface area contributed by atoms with E-state index in [1.165, 1.54) is 0 Å². The lowest BCUT2D eigenvalue weighted by molar-refractivity contribution is 0.0697. The van der Waals surface area contributed by atoms with Gasteiger partial charge in [-0.3, -0.25) is 0 Å². The first-order valence-corrected chi connectivity index (χ1v) is 4.21. The molecule has 0 unspecified atom stereocenters. The number of carboxylic acids is 1. The molecule has 5 heteroatoms. The fraction of sp³-hybridized carbons (Fsp3) is 0.125. The Bertz CT molecular complexity index is 379. The summed E-state index contributed by atoms with van der Waals surface area (Å²) in [5, 5.41) is 8.64. The molecule has 0 heterocycles. The van der Waals surface area contributed by atoms with Crippen LogP contribution in [0.4, 0.5) is 10.1 Å². The predicted molar refractivity (Wildman–Crippen MR) is 50.2 cm³/mol. The predicted octanol–water partition coefficient (Wildman–Crippen LogP) is 2.18.